The molecule has 0 aromatic heterocycles. The van der Waals surface area contributed by atoms with Gasteiger partial charge in [0.15, 0.2) is 9.84 Å². The van der Waals surface area contributed by atoms with Crippen LogP contribution in [0.15, 0.2) is 24.3 Å². The first-order valence-corrected chi connectivity index (χ1v) is 9.66. The molecular formula is C16H20N2O5S. The molecule has 2 aliphatic rings. The first kappa shape index (κ1) is 16.8. The van der Waals surface area contributed by atoms with Gasteiger partial charge in [-0.1, -0.05) is 6.07 Å². The second-order valence-corrected chi connectivity index (χ2v) is 8.51. The van der Waals surface area contributed by atoms with Gasteiger partial charge in [-0.2, -0.15) is 0 Å². The largest absolute Gasteiger partial charge is 0.497 e. The summed E-state index contributed by atoms with van der Waals surface area (Å²) in [5.74, 6) is -0.437. The second kappa shape index (κ2) is 6.43. The smallest absolute Gasteiger partial charge is 0.228 e. The highest BCUT2D eigenvalue weighted by atomic mass is 32.2. The molecular weight excluding hydrogens is 332 g/mol. The Morgan fingerprint density at radius 3 is 2.62 bits per heavy atom. The van der Waals surface area contributed by atoms with Crippen molar-refractivity contribution < 1.29 is 22.7 Å². The van der Waals surface area contributed by atoms with E-state index < -0.39 is 9.84 Å². The third kappa shape index (κ3) is 3.87. The Hall–Kier alpha value is -2.09. The van der Waals surface area contributed by atoms with Crippen LogP contribution >= 0.6 is 0 Å². The number of methoxy groups -OCH3 is 1. The highest BCUT2D eigenvalue weighted by Crippen LogP contribution is 2.40. The lowest BCUT2D eigenvalue weighted by Gasteiger charge is -2.11. The number of nitrogens with one attached hydrogen (secondary N) is 2. The number of benzene rings is 1. The Morgan fingerprint density at radius 2 is 1.96 bits per heavy atom. The van der Waals surface area contributed by atoms with Crippen molar-refractivity contribution in [3.05, 3.63) is 24.3 Å². The molecule has 8 heteroatoms. The molecule has 1 aliphatic heterocycles. The van der Waals surface area contributed by atoms with Crippen molar-refractivity contribution in [3.8, 4) is 5.75 Å². The summed E-state index contributed by atoms with van der Waals surface area (Å²) < 4.78 is 27.9. The molecule has 1 saturated heterocycles. The monoisotopic (exact) mass is 352 g/mol. The maximum absolute atomic E-state index is 12.2. The van der Waals surface area contributed by atoms with Crippen LogP contribution in [0.25, 0.3) is 0 Å². The van der Waals surface area contributed by atoms with Gasteiger partial charge in [0.1, 0.15) is 5.75 Å². The Balaban J connectivity index is 1.51. The topological polar surface area (TPSA) is 102 Å². The molecule has 2 N–H and O–H groups in total. The molecule has 1 aliphatic carbocycles. The van der Waals surface area contributed by atoms with E-state index in [0.717, 1.165) is 0 Å². The summed E-state index contributed by atoms with van der Waals surface area (Å²) in [7, 11) is -1.48. The Morgan fingerprint density at radius 1 is 1.21 bits per heavy atom. The predicted molar refractivity (Wildman–Crippen MR) is 88.4 cm³/mol. The summed E-state index contributed by atoms with van der Waals surface area (Å²) >= 11 is 0. The zero-order chi connectivity index (χ0) is 17.3. The summed E-state index contributed by atoms with van der Waals surface area (Å²) in [5, 5.41) is 5.52. The second-order valence-electron chi connectivity index (χ2n) is 6.28. The standard InChI is InChI=1S/C16H20N2O5S/c1-23-12-4-2-3-10(7-12)17-15(19)13-8-14(13)16(20)18-11-5-6-24(21,22)9-11/h2-4,7,11,13-14H,5-6,8-9H2,1H3,(H,17,19)(H,18,20). The van der Waals surface area contributed by atoms with Gasteiger partial charge in [0, 0.05) is 17.8 Å². The van der Waals surface area contributed by atoms with Crippen molar-refractivity contribution in [2.24, 2.45) is 11.8 Å². The van der Waals surface area contributed by atoms with Crippen molar-refractivity contribution in [2.75, 3.05) is 23.9 Å². The maximum Gasteiger partial charge on any atom is 0.228 e. The molecule has 1 saturated carbocycles. The van der Waals surface area contributed by atoms with E-state index in [1.807, 2.05) is 0 Å². The van der Waals surface area contributed by atoms with Crippen LogP contribution in [0.3, 0.4) is 0 Å². The van der Waals surface area contributed by atoms with Crippen LogP contribution in [0.5, 0.6) is 5.75 Å². The van der Waals surface area contributed by atoms with E-state index in [2.05, 4.69) is 10.6 Å². The SMILES string of the molecule is COc1cccc(NC(=O)C2CC2C(=O)NC2CCS(=O)(=O)C2)c1. The fraction of sp³-hybridized carbons (Fsp3) is 0.500. The maximum atomic E-state index is 12.2. The summed E-state index contributed by atoms with van der Waals surface area (Å²) in [6, 6.07) is 6.68. The van der Waals surface area contributed by atoms with Crippen LogP contribution in [0.2, 0.25) is 0 Å². The summed E-state index contributed by atoms with van der Waals surface area (Å²) in [6.07, 6.45) is 0.933. The third-order valence-electron chi connectivity index (χ3n) is 4.38. The third-order valence-corrected chi connectivity index (χ3v) is 6.15. The molecule has 0 bridgehead atoms. The van der Waals surface area contributed by atoms with Gasteiger partial charge < -0.3 is 15.4 Å². The Labute approximate surface area is 140 Å². The number of anilines is 1. The number of amides is 2. The number of ether oxygens (including phenoxy) is 1. The quantitative estimate of drug-likeness (QED) is 0.807. The van der Waals surface area contributed by atoms with Gasteiger partial charge in [-0.15, -0.1) is 0 Å². The lowest BCUT2D eigenvalue weighted by Crippen LogP contribution is -2.37. The molecule has 3 unspecified atom stereocenters. The van der Waals surface area contributed by atoms with Crippen LogP contribution in [0, 0.1) is 11.8 Å². The fourth-order valence-electron chi connectivity index (χ4n) is 2.93. The van der Waals surface area contributed by atoms with Crippen molar-refractivity contribution in [1.29, 1.82) is 0 Å². The fourth-order valence-corrected chi connectivity index (χ4v) is 4.60. The first-order chi connectivity index (χ1) is 11.4. The molecule has 3 rings (SSSR count). The molecule has 0 spiro atoms. The zero-order valence-corrected chi connectivity index (χ0v) is 14.1. The zero-order valence-electron chi connectivity index (χ0n) is 13.3. The lowest BCUT2D eigenvalue weighted by molar-refractivity contribution is -0.125. The van der Waals surface area contributed by atoms with E-state index in [4.69, 9.17) is 4.74 Å². The molecule has 2 fully saturated rings. The number of rotatable bonds is 5. The van der Waals surface area contributed by atoms with Crippen LogP contribution in [0.1, 0.15) is 12.8 Å². The number of carbonyl (C=O) groups is 2. The van der Waals surface area contributed by atoms with Crippen LogP contribution in [0.4, 0.5) is 5.69 Å². The number of sulfone groups is 1. The van der Waals surface area contributed by atoms with Gasteiger partial charge >= 0.3 is 0 Å². The molecule has 1 aromatic rings. The molecule has 24 heavy (non-hydrogen) atoms. The average molecular weight is 352 g/mol. The van der Waals surface area contributed by atoms with Gasteiger partial charge in [-0.25, -0.2) is 8.42 Å². The number of carbonyl (C=O) groups excluding carboxylic acids is 2. The molecule has 3 atom stereocenters. The lowest BCUT2D eigenvalue weighted by atomic mass is 10.2. The van der Waals surface area contributed by atoms with E-state index in [0.29, 0.717) is 24.3 Å². The van der Waals surface area contributed by atoms with Gasteiger partial charge in [-0.05, 0) is 25.0 Å². The minimum Gasteiger partial charge on any atom is -0.497 e. The van der Waals surface area contributed by atoms with E-state index in [9.17, 15) is 18.0 Å². The van der Waals surface area contributed by atoms with E-state index in [1.54, 1.807) is 31.4 Å². The van der Waals surface area contributed by atoms with Crippen molar-refractivity contribution >= 4 is 27.3 Å². The minimum atomic E-state index is -3.03. The van der Waals surface area contributed by atoms with Gasteiger partial charge in [0.2, 0.25) is 11.8 Å². The average Bonchev–Trinajstić information content (AvgIpc) is 3.27. The van der Waals surface area contributed by atoms with Gasteiger partial charge in [0.25, 0.3) is 0 Å². The number of hydrogen-bond acceptors (Lipinski definition) is 5. The first-order valence-electron chi connectivity index (χ1n) is 7.84. The van der Waals surface area contributed by atoms with E-state index >= 15 is 0 Å². The summed E-state index contributed by atoms with van der Waals surface area (Å²) in [4.78, 5) is 24.3. The Kier molecular flexibility index (Phi) is 4.49. The van der Waals surface area contributed by atoms with Gasteiger partial charge in [-0.3, -0.25) is 9.59 Å². The van der Waals surface area contributed by atoms with E-state index in [1.165, 1.54) is 0 Å². The van der Waals surface area contributed by atoms with Crippen LogP contribution in [-0.4, -0.2) is 44.9 Å². The highest BCUT2D eigenvalue weighted by molar-refractivity contribution is 7.91. The predicted octanol–water partition coefficient (Wildman–Crippen LogP) is 0.573. The molecule has 7 nitrogen and oxygen atoms in total. The highest BCUT2D eigenvalue weighted by Gasteiger charge is 2.48. The molecule has 1 heterocycles. The van der Waals surface area contributed by atoms with Crippen molar-refractivity contribution in [3.63, 3.8) is 0 Å². The molecule has 130 valence electrons. The number of hydrogen-bond donors (Lipinski definition) is 2. The summed E-state index contributed by atoms with van der Waals surface area (Å²) in [6.45, 7) is 0. The molecule has 0 radical (unpaired) electrons. The van der Waals surface area contributed by atoms with Crippen molar-refractivity contribution in [1.82, 2.24) is 5.32 Å². The van der Waals surface area contributed by atoms with Gasteiger partial charge in [0.05, 0.1) is 30.5 Å². The van der Waals surface area contributed by atoms with E-state index in [-0.39, 0.29) is 41.2 Å². The summed E-state index contributed by atoms with van der Waals surface area (Å²) in [5.41, 5.74) is 0.618. The minimum absolute atomic E-state index is 0.00780. The molecule has 1 aromatic carbocycles. The normalized spacial score (nSPS) is 27.3. The Bertz CT molecular complexity index is 761. The van der Waals surface area contributed by atoms with Crippen LogP contribution < -0.4 is 15.4 Å². The van der Waals surface area contributed by atoms with Crippen molar-refractivity contribution in [2.45, 2.75) is 18.9 Å². The van der Waals surface area contributed by atoms with Crippen LogP contribution in [-0.2, 0) is 19.4 Å². The molecule has 2 amide bonds.